The van der Waals surface area contributed by atoms with Crippen LogP contribution < -0.4 is 9.64 Å². The van der Waals surface area contributed by atoms with Crippen LogP contribution in [0.25, 0.3) is 0 Å². The molecule has 0 spiro atoms. The van der Waals surface area contributed by atoms with Gasteiger partial charge in [-0.05, 0) is 43.3 Å². The normalized spacial score (nSPS) is 21.8. The molecule has 0 saturated carbocycles. The molecule has 4 nitrogen and oxygen atoms in total. The number of anilines is 1. The summed E-state index contributed by atoms with van der Waals surface area (Å²) < 4.78 is 16.6. The van der Waals surface area contributed by atoms with Crippen molar-refractivity contribution in [3.05, 3.63) is 54.1 Å². The zero-order valence-electron chi connectivity index (χ0n) is 13.3. The van der Waals surface area contributed by atoms with E-state index < -0.39 is 0 Å². The molecule has 0 radical (unpaired) electrons. The van der Waals surface area contributed by atoms with E-state index in [1.165, 1.54) is 11.3 Å². The first kappa shape index (κ1) is 14.5. The van der Waals surface area contributed by atoms with E-state index >= 15 is 0 Å². The Labute approximate surface area is 136 Å². The second kappa shape index (κ2) is 6.22. The first-order valence-corrected chi connectivity index (χ1v) is 8.09. The Morgan fingerprint density at radius 2 is 1.35 bits per heavy atom. The summed E-state index contributed by atoms with van der Waals surface area (Å²) in [6.07, 6.45) is 0.745. The van der Waals surface area contributed by atoms with Crippen molar-refractivity contribution in [3.8, 4) is 11.5 Å². The van der Waals surface area contributed by atoms with Crippen molar-refractivity contribution in [3.63, 3.8) is 0 Å². The van der Waals surface area contributed by atoms with Gasteiger partial charge >= 0.3 is 0 Å². The molecule has 2 saturated heterocycles. The van der Waals surface area contributed by atoms with Crippen LogP contribution in [0.2, 0.25) is 0 Å². The molecule has 2 fully saturated rings. The van der Waals surface area contributed by atoms with Gasteiger partial charge in [0.15, 0.2) is 0 Å². The number of epoxide rings is 2. The molecule has 4 rings (SSSR count). The molecular weight excluding hydrogens is 290 g/mol. The smallest absolute Gasteiger partial charge is 0.127 e. The molecule has 0 bridgehead atoms. The number of hydrogen-bond acceptors (Lipinski definition) is 4. The van der Waals surface area contributed by atoms with Crippen molar-refractivity contribution in [2.24, 2.45) is 0 Å². The van der Waals surface area contributed by atoms with Crippen molar-refractivity contribution in [1.82, 2.24) is 0 Å². The first-order valence-electron chi connectivity index (χ1n) is 8.09. The van der Waals surface area contributed by atoms with Gasteiger partial charge in [0, 0.05) is 18.8 Å². The van der Waals surface area contributed by atoms with Crippen molar-refractivity contribution < 1.29 is 14.2 Å². The highest BCUT2D eigenvalue weighted by Crippen LogP contribution is 2.27. The number of benzene rings is 2. The molecule has 2 aliphatic rings. The van der Waals surface area contributed by atoms with Gasteiger partial charge in [0.1, 0.15) is 11.5 Å². The molecule has 120 valence electrons. The molecule has 2 aromatic rings. The Hall–Kier alpha value is -2.04. The third kappa shape index (κ3) is 4.03. The molecular formula is C19H21NO3. The molecule has 23 heavy (non-hydrogen) atoms. The van der Waals surface area contributed by atoms with E-state index in [2.05, 4.69) is 36.1 Å². The lowest BCUT2D eigenvalue weighted by molar-refractivity contribution is 0.389. The fourth-order valence-electron chi connectivity index (χ4n) is 2.59. The second-order valence-corrected chi connectivity index (χ2v) is 6.22. The van der Waals surface area contributed by atoms with E-state index in [9.17, 15) is 0 Å². The highest BCUT2D eigenvalue weighted by Gasteiger charge is 2.30. The van der Waals surface area contributed by atoms with Crippen molar-refractivity contribution in [2.45, 2.75) is 19.1 Å². The van der Waals surface area contributed by atoms with Crippen LogP contribution in [0.15, 0.2) is 48.5 Å². The Morgan fingerprint density at radius 1 is 0.870 bits per heavy atom. The topological polar surface area (TPSA) is 37.5 Å². The summed E-state index contributed by atoms with van der Waals surface area (Å²) in [5.41, 5.74) is 2.42. The maximum absolute atomic E-state index is 5.89. The maximum Gasteiger partial charge on any atom is 0.127 e. The largest absolute Gasteiger partial charge is 0.457 e. The Kier molecular flexibility index (Phi) is 3.93. The Morgan fingerprint density at radius 3 is 1.83 bits per heavy atom. The summed E-state index contributed by atoms with van der Waals surface area (Å²) in [6.45, 7) is 5.67. The molecule has 0 aliphatic carbocycles. The van der Waals surface area contributed by atoms with Gasteiger partial charge in [0.05, 0.1) is 25.4 Å². The minimum atomic E-state index is 0.372. The average Bonchev–Trinajstić information content (AvgIpc) is 3.46. The molecule has 2 unspecified atom stereocenters. The number of hydrogen-bond donors (Lipinski definition) is 0. The molecule has 0 aromatic heterocycles. The Bertz CT molecular complexity index is 631. The Balaban J connectivity index is 1.43. The summed E-state index contributed by atoms with van der Waals surface area (Å²) in [7, 11) is 0. The van der Waals surface area contributed by atoms with Gasteiger partial charge in [0.25, 0.3) is 0 Å². The van der Waals surface area contributed by atoms with E-state index in [1.54, 1.807) is 0 Å². The molecule has 2 aromatic carbocycles. The van der Waals surface area contributed by atoms with Gasteiger partial charge in [-0.1, -0.05) is 17.7 Å². The third-order valence-electron chi connectivity index (χ3n) is 4.11. The van der Waals surface area contributed by atoms with E-state index in [0.717, 1.165) is 37.8 Å². The van der Waals surface area contributed by atoms with Crippen molar-refractivity contribution in [2.75, 3.05) is 31.2 Å². The lowest BCUT2D eigenvalue weighted by Crippen LogP contribution is -2.31. The quantitative estimate of drug-likeness (QED) is 0.735. The van der Waals surface area contributed by atoms with Crippen LogP contribution >= 0.6 is 0 Å². The predicted molar refractivity (Wildman–Crippen MR) is 89.4 cm³/mol. The predicted octanol–water partition coefficient (Wildman–Crippen LogP) is 3.39. The van der Waals surface area contributed by atoms with Crippen molar-refractivity contribution >= 4 is 5.69 Å². The molecule has 2 heterocycles. The SMILES string of the molecule is Cc1ccc(Oc2ccc(N(CC3CO3)CC3CO3)cc2)cc1. The highest BCUT2D eigenvalue weighted by molar-refractivity contribution is 5.50. The molecule has 0 amide bonds. The average molecular weight is 311 g/mol. The van der Waals surface area contributed by atoms with Gasteiger partial charge in [-0.3, -0.25) is 0 Å². The second-order valence-electron chi connectivity index (χ2n) is 6.22. The van der Waals surface area contributed by atoms with Crippen molar-refractivity contribution in [1.29, 1.82) is 0 Å². The van der Waals surface area contributed by atoms with Gasteiger partial charge in [-0.25, -0.2) is 0 Å². The first-order chi connectivity index (χ1) is 11.3. The zero-order chi connectivity index (χ0) is 15.6. The maximum atomic E-state index is 5.89. The van der Waals surface area contributed by atoms with E-state index in [4.69, 9.17) is 14.2 Å². The van der Waals surface area contributed by atoms with E-state index in [-0.39, 0.29) is 0 Å². The summed E-state index contributed by atoms with van der Waals surface area (Å²) in [6, 6.07) is 16.3. The van der Waals surface area contributed by atoms with Gasteiger partial charge < -0.3 is 19.1 Å². The highest BCUT2D eigenvalue weighted by atomic mass is 16.6. The summed E-state index contributed by atoms with van der Waals surface area (Å²) in [5, 5.41) is 0. The lowest BCUT2D eigenvalue weighted by Gasteiger charge is -2.23. The zero-order valence-corrected chi connectivity index (χ0v) is 13.3. The minimum absolute atomic E-state index is 0.372. The van der Waals surface area contributed by atoms with Crippen LogP contribution in [-0.4, -0.2) is 38.5 Å². The van der Waals surface area contributed by atoms with Crippen LogP contribution in [0.3, 0.4) is 0 Å². The monoisotopic (exact) mass is 311 g/mol. The summed E-state index contributed by atoms with van der Waals surface area (Å²) in [5.74, 6) is 1.71. The molecule has 4 heteroatoms. The molecule has 2 aliphatic heterocycles. The van der Waals surface area contributed by atoms with E-state index in [0.29, 0.717) is 12.2 Å². The van der Waals surface area contributed by atoms with E-state index in [1.807, 2.05) is 24.3 Å². The number of rotatable bonds is 7. The third-order valence-corrected chi connectivity index (χ3v) is 4.11. The van der Waals surface area contributed by atoms with Crippen LogP contribution in [-0.2, 0) is 9.47 Å². The fourth-order valence-corrected chi connectivity index (χ4v) is 2.59. The lowest BCUT2D eigenvalue weighted by atomic mass is 10.2. The summed E-state index contributed by atoms with van der Waals surface area (Å²) in [4.78, 5) is 2.34. The number of aryl methyl sites for hydroxylation is 1. The van der Waals surface area contributed by atoms with Crippen LogP contribution in [0.1, 0.15) is 5.56 Å². The van der Waals surface area contributed by atoms with Crippen LogP contribution in [0.5, 0.6) is 11.5 Å². The number of nitrogens with zero attached hydrogens (tertiary/aromatic N) is 1. The molecule has 0 N–H and O–H groups in total. The van der Waals surface area contributed by atoms with Crippen LogP contribution in [0, 0.1) is 6.92 Å². The number of ether oxygens (including phenoxy) is 3. The fraction of sp³-hybridized carbons (Fsp3) is 0.368. The van der Waals surface area contributed by atoms with Crippen LogP contribution in [0.4, 0.5) is 5.69 Å². The summed E-state index contributed by atoms with van der Waals surface area (Å²) >= 11 is 0. The standard InChI is InChI=1S/C19H21NO3/c1-14-2-6-16(7-3-14)23-17-8-4-15(5-9-17)20(10-18-12-21-18)11-19-13-22-19/h2-9,18-19H,10-13H2,1H3. The van der Waals surface area contributed by atoms with Gasteiger partial charge in [-0.2, -0.15) is 0 Å². The van der Waals surface area contributed by atoms with Gasteiger partial charge in [-0.15, -0.1) is 0 Å². The molecule has 2 atom stereocenters. The van der Waals surface area contributed by atoms with Gasteiger partial charge in [0.2, 0.25) is 0 Å². The minimum Gasteiger partial charge on any atom is -0.457 e.